The van der Waals surface area contributed by atoms with Crippen LogP contribution in [0.4, 0.5) is 5.82 Å². The lowest BCUT2D eigenvalue weighted by atomic mass is 10.1. The SMILES string of the molecule is Cc1cc([C@H]2CCCN2c2cc(C)ncn2)ccn1. The largest absolute Gasteiger partial charge is 0.349 e. The number of aryl methyl sites for hydroxylation is 2. The minimum absolute atomic E-state index is 0.413. The van der Waals surface area contributed by atoms with Crippen molar-refractivity contribution in [3.8, 4) is 0 Å². The molecule has 3 rings (SSSR count). The van der Waals surface area contributed by atoms with Gasteiger partial charge in [-0.1, -0.05) is 0 Å². The van der Waals surface area contributed by atoms with Gasteiger partial charge < -0.3 is 4.90 Å². The van der Waals surface area contributed by atoms with Crippen LogP contribution in [0.2, 0.25) is 0 Å². The van der Waals surface area contributed by atoms with E-state index in [-0.39, 0.29) is 0 Å². The van der Waals surface area contributed by atoms with Crippen LogP contribution in [-0.4, -0.2) is 21.5 Å². The summed E-state index contributed by atoms with van der Waals surface area (Å²) in [5, 5.41) is 0. The lowest BCUT2D eigenvalue weighted by Crippen LogP contribution is -2.23. The standard InChI is InChI=1S/C15H18N4/c1-11-8-13(5-6-16-11)14-4-3-7-19(14)15-9-12(2)17-10-18-15/h5-6,8-10,14H,3-4,7H2,1-2H3/t14-/m1/s1. The van der Waals surface area contributed by atoms with E-state index in [0.717, 1.165) is 23.8 Å². The van der Waals surface area contributed by atoms with Gasteiger partial charge in [0.1, 0.15) is 12.1 Å². The molecule has 98 valence electrons. The van der Waals surface area contributed by atoms with Gasteiger partial charge in [-0.05, 0) is 44.4 Å². The van der Waals surface area contributed by atoms with Gasteiger partial charge in [0.25, 0.3) is 0 Å². The Morgan fingerprint density at radius 3 is 2.74 bits per heavy atom. The lowest BCUT2D eigenvalue weighted by Gasteiger charge is -2.26. The molecule has 0 saturated carbocycles. The molecule has 1 saturated heterocycles. The third kappa shape index (κ3) is 2.43. The third-order valence-electron chi connectivity index (χ3n) is 3.64. The zero-order valence-corrected chi connectivity index (χ0v) is 11.4. The summed E-state index contributed by atoms with van der Waals surface area (Å²) in [5.74, 6) is 1.03. The van der Waals surface area contributed by atoms with E-state index >= 15 is 0 Å². The highest BCUT2D eigenvalue weighted by molar-refractivity contribution is 5.44. The van der Waals surface area contributed by atoms with Crippen LogP contribution in [-0.2, 0) is 0 Å². The molecule has 2 aromatic rings. The topological polar surface area (TPSA) is 41.9 Å². The van der Waals surface area contributed by atoms with Crippen molar-refractivity contribution >= 4 is 5.82 Å². The molecule has 0 amide bonds. The zero-order chi connectivity index (χ0) is 13.2. The molecule has 1 aliphatic rings. The van der Waals surface area contributed by atoms with Crippen LogP contribution in [0.25, 0.3) is 0 Å². The quantitative estimate of drug-likeness (QED) is 0.826. The molecule has 0 N–H and O–H groups in total. The van der Waals surface area contributed by atoms with Crippen LogP contribution in [0.3, 0.4) is 0 Å². The fraction of sp³-hybridized carbons (Fsp3) is 0.400. The fourth-order valence-electron chi connectivity index (χ4n) is 2.76. The number of aromatic nitrogens is 3. The highest BCUT2D eigenvalue weighted by Crippen LogP contribution is 2.35. The lowest BCUT2D eigenvalue weighted by molar-refractivity contribution is 0.707. The van der Waals surface area contributed by atoms with Crippen LogP contribution in [0.5, 0.6) is 0 Å². The maximum Gasteiger partial charge on any atom is 0.132 e. The predicted molar refractivity (Wildman–Crippen MR) is 75.1 cm³/mol. The van der Waals surface area contributed by atoms with Crippen molar-refractivity contribution in [1.82, 2.24) is 15.0 Å². The maximum absolute atomic E-state index is 4.42. The number of nitrogens with zero attached hydrogens (tertiary/aromatic N) is 4. The van der Waals surface area contributed by atoms with Crippen molar-refractivity contribution < 1.29 is 0 Å². The van der Waals surface area contributed by atoms with Gasteiger partial charge in [0.05, 0.1) is 6.04 Å². The summed E-state index contributed by atoms with van der Waals surface area (Å²) >= 11 is 0. The molecule has 0 bridgehead atoms. The number of anilines is 1. The summed E-state index contributed by atoms with van der Waals surface area (Å²) in [6.07, 6.45) is 5.92. The Bertz CT molecular complexity index is 530. The third-order valence-corrected chi connectivity index (χ3v) is 3.64. The first-order chi connectivity index (χ1) is 9.24. The monoisotopic (exact) mass is 254 g/mol. The molecule has 2 aromatic heterocycles. The first kappa shape index (κ1) is 12.1. The maximum atomic E-state index is 4.42. The molecule has 4 heteroatoms. The van der Waals surface area contributed by atoms with E-state index in [1.165, 1.54) is 18.4 Å². The van der Waals surface area contributed by atoms with E-state index < -0.39 is 0 Å². The minimum atomic E-state index is 0.413. The van der Waals surface area contributed by atoms with Crippen LogP contribution < -0.4 is 4.90 Å². The summed E-state index contributed by atoms with van der Waals surface area (Å²) in [6, 6.07) is 6.77. The van der Waals surface area contributed by atoms with Gasteiger partial charge in [-0.2, -0.15) is 0 Å². The van der Waals surface area contributed by atoms with Crippen LogP contribution in [0.15, 0.2) is 30.7 Å². The van der Waals surface area contributed by atoms with E-state index in [2.05, 4.69) is 38.1 Å². The zero-order valence-electron chi connectivity index (χ0n) is 11.4. The summed E-state index contributed by atoms with van der Waals surface area (Å²) < 4.78 is 0. The van der Waals surface area contributed by atoms with Crippen molar-refractivity contribution in [2.45, 2.75) is 32.7 Å². The average Bonchev–Trinajstić information content (AvgIpc) is 2.88. The molecule has 0 radical (unpaired) electrons. The Labute approximate surface area is 113 Å². The molecule has 0 unspecified atom stereocenters. The van der Waals surface area contributed by atoms with Gasteiger partial charge in [-0.3, -0.25) is 4.98 Å². The number of hydrogen-bond acceptors (Lipinski definition) is 4. The Morgan fingerprint density at radius 2 is 1.95 bits per heavy atom. The van der Waals surface area contributed by atoms with Gasteiger partial charge in [-0.25, -0.2) is 9.97 Å². The average molecular weight is 254 g/mol. The summed E-state index contributed by atoms with van der Waals surface area (Å²) in [7, 11) is 0. The first-order valence-corrected chi connectivity index (χ1v) is 6.72. The van der Waals surface area contributed by atoms with Gasteiger partial charge >= 0.3 is 0 Å². The molecule has 3 heterocycles. The molecular formula is C15H18N4. The first-order valence-electron chi connectivity index (χ1n) is 6.72. The number of pyridine rings is 1. The Kier molecular flexibility index (Phi) is 3.15. The Morgan fingerprint density at radius 1 is 1.11 bits per heavy atom. The summed E-state index contributed by atoms with van der Waals surface area (Å²) in [5.41, 5.74) is 3.42. The van der Waals surface area contributed by atoms with Gasteiger partial charge in [-0.15, -0.1) is 0 Å². The smallest absolute Gasteiger partial charge is 0.132 e. The van der Waals surface area contributed by atoms with Crippen LogP contribution >= 0.6 is 0 Å². The van der Waals surface area contributed by atoms with Crippen molar-refractivity contribution in [2.75, 3.05) is 11.4 Å². The van der Waals surface area contributed by atoms with E-state index in [1.54, 1.807) is 6.33 Å². The summed E-state index contributed by atoms with van der Waals surface area (Å²) in [6.45, 7) is 5.10. The van der Waals surface area contributed by atoms with Crippen molar-refractivity contribution in [3.05, 3.63) is 47.7 Å². The summed E-state index contributed by atoms with van der Waals surface area (Å²) in [4.78, 5) is 15.3. The molecular weight excluding hydrogens is 236 g/mol. The normalized spacial score (nSPS) is 18.8. The second-order valence-corrected chi connectivity index (χ2v) is 5.10. The molecule has 0 aromatic carbocycles. The Hall–Kier alpha value is -1.97. The molecule has 4 nitrogen and oxygen atoms in total. The highest BCUT2D eigenvalue weighted by atomic mass is 15.2. The molecule has 1 fully saturated rings. The van der Waals surface area contributed by atoms with Crippen LogP contribution in [0.1, 0.15) is 35.8 Å². The number of hydrogen-bond donors (Lipinski definition) is 0. The molecule has 0 spiro atoms. The van der Waals surface area contributed by atoms with Gasteiger partial charge in [0.2, 0.25) is 0 Å². The second kappa shape index (κ2) is 4.96. The van der Waals surface area contributed by atoms with Crippen molar-refractivity contribution in [1.29, 1.82) is 0 Å². The van der Waals surface area contributed by atoms with Gasteiger partial charge in [0, 0.05) is 30.2 Å². The van der Waals surface area contributed by atoms with E-state index in [9.17, 15) is 0 Å². The van der Waals surface area contributed by atoms with Crippen molar-refractivity contribution in [2.24, 2.45) is 0 Å². The Balaban J connectivity index is 1.93. The van der Waals surface area contributed by atoms with E-state index in [1.807, 2.05) is 20.0 Å². The predicted octanol–water partition coefficient (Wildman–Crippen LogP) is 2.83. The molecule has 1 aliphatic heterocycles. The molecule has 19 heavy (non-hydrogen) atoms. The van der Waals surface area contributed by atoms with E-state index in [4.69, 9.17) is 0 Å². The van der Waals surface area contributed by atoms with Gasteiger partial charge in [0.15, 0.2) is 0 Å². The number of rotatable bonds is 2. The highest BCUT2D eigenvalue weighted by Gasteiger charge is 2.27. The van der Waals surface area contributed by atoms with E-state index in [0.29, 0.717) is 6.04 Å². The second-order valence-electron chi connectivity index (χ2n) is 5.10. The van der Waals surface area contributed by atoms with Crippen LogP contribution in [0, 0.1) is 13.8 Å². The minimum Gasteiger partial charge on any atom is -0.349 e. The molecule has 0 aliphatic carbocycles. The molecule has 1 atom stereocenters. The fourth-order valence-corrected chi connectivity index (χ4v) is 2.76. The van der Waals surface area contributed by atoms with Crippen molar-refractivity contribution in [3.63, 3.8) is 0 Å².